The van der Waals surface area contributed by atoms with Crippen LogP contribution in [0.1, 0.15) is 33.6 Å². The van der Waals surface area contributed by atoms with Gasteiger partial charge in [-0.3, -0.25) is 15.4 Å². The predicted octanol–water partition coefficient (Wildman–Crippen LogP) is 3.13. The van der Waals surface area contributed by atoms with E-state index < -0.39 is 23.0 Å². The molecule has 0 bridgehead atoms. The molecule has 1 aromatic carbocycles. The molecule has 8 heteroatoms. The van der Waals surface area contributed by atoms with Crippen molar-refractivity contribution in [3.63, 3.8) is 0 Å². The van der Waals surface area contributed by atoms with Crippen molar-refractivity contribution >= 4 is 11.4 Å². The van der Waals surface area contributed by atoms with Crippen LogP contribution >= 0.6 is 0 Å². The third-order valence-corrected chi connectivity index (χ3v) is 3.58. The van der Waals surface area contributed by atoms with Crippen molar-refractivity contribution in [2.75, 3.05) is 12.3 Å². The SMILES string of the molecule is C=CCCC(=C)C(COc1ccc([N+](=O)[O-])c(N)c1)NC(O)OC(C)(C)C. The maximum Gasteiger partial charge on any atom is 0.292 e. The highest BCUT2D eigenvalue weighted by molar-refractivity contribution is 5.60. The van der Waals surface area contributed by atoms with E-state index in [0.717, 1.165) is 12.0 Å². The van der Waals surface area contributed by atoms with Crippen molar-refractivity contribution in [1.82, 2.24) is 5.32 Å². The normalized spacial score (nSPS) is 13.6. The number of nitrogens with two attached hydrogens (primary N) is 1. The van der Waals surface area contributed by atoms with Crippen molar-refractivity contribution in [2.24, 2.45) is 0 Å². The number of nitrogens with one attached hydrogen (secondary N) is 1. The number of hydrogen-bond acceptors (Lipinski definition) is 7. The number of nitrogens with zero attached hydrogens (tertiary/aromatic N) is 1. The van der Waals surface area contributed by atoms with Crippen LogP contribution in [0, 0.1) is 10.1 Å². The quantitative estimate of drug-likeness (QED) is 0.178. The summed E-state index contributed by atoms with van der Waals surface area (Å²) in [6.45, 7) is 13.4. The van der Waals surface area contributed by atoms with Crippen molar-refractivity contribution in [3.8, 4) is 5.75 Å². The molecule has 2 atom stereocenters. The number of benzene rings is 1. The molecule has 0 fully saturated rings. The number of nitro benzene ring substituents is 1. The van der Waals surface area contributed by atoms with E-state index in [-0.39, 0.29) is 18.0 Å². The number of aliphatic hydroxyl groups excluding tert-OH is 1. The minimum Gasteiger partial charge on any atom is -0.492 e. The van der Waals surface area contributed by atoms with E-state index in [1.807, 2.05) is 20.8 Å². The van der Waals surface area contributed by atoms with Crippen LogP contribution in [0.5, 0.6) is 5.75 Å². The topological polar surface area (TPSA) is 120 Å². The molecule has 2 unspecified atom stereocenters. The molecular weight excluding hydrogens is 350 g/mol. The number of nitro groups is 1. The van der Waals surface area contributed by atoms with Crippen molar-refractivity contribution in [1.29, 1.82) is 0 Å². The smallest absolute Gasteiger partial charge is 0.292 e. The van der Waals surface area contributed by atoms with Gasteiger partial charge in [0.15, 0.2) is 0 Å². The summed E-state index contributed by atoms with van der Waals surface area (Å²) < 4.78 is 11.2. The van der Waals surface area contributed by atoms with Crippen LogP contribution in [0.2, 0.25) is 0 Å². The zero-order valence-corrected chi connectivity index (χ0v) is 16.1. The molecule has 0 spiro atoms. The maximum atomic E-state index is 10.8. The molecule has 1 aromatic rings. The molecule has 0 heterocycles. The molecule has 0 aliphatic heterocycles. The zero-order valence-electron chi connectivity index (χ0n) is 16.1. The largest absolute Gasteiger partial charge is 0.492 e. The second-order valence-electron chi connectivity index (χ2n) is 7.08. The first-order valence-electron chi connectivity index (χ1n) is 8.60. The molecule has 27 heavy (non-hydrogen) atoms. The van der Waals surface area contributed by atoms with E-state index in [9.17, 15) is 15.2 Å². The highest BCUT2D eigenvalue weighted by atomic mass is 16.6. The molecule has 0 aliphatic carbocycles. The molecule has 4 N–H and O–H groups in total. The zero-order chi connectivity index (χ0) is 20.6. The van der Waals surface area contributed by atoms with Gasteiger partial charge in [0, 0.05) is 12.1 Å². The number of hydrogen-bond donors (Lipinski definition) is 3. The van der Waals surface area contributed by atoms with Gasteiger partial charge in [-0.2, -0.15) is 0 Å². The Bertz CT molecular complexity index is 670. The number of ether oxygens (including phenoxy) is 2. The van der Waals surface area contributed by atoms with Crippen molar-refractivity contribution in [3.05, 3.63) is 53.1 Å². The lowest BCUT2D eigenvalue weighted by Crippen LogP contribution is -2.46. The summed E-state index contributed by atoms with van der Waals surface area (Å²) in [7, 11) is 0. The summed E-state index contributed by atoms with van der Waals surface area (Å²) in [6.07, 6.45) is 1.97. The highest BCUT2D eigenvalue weighted by Gasteiger charge is 2.22. The van der Waals surface area contributed by atoms with Gasteiger partial charge >= 0.3 is 0 Å². The fourth-order valence-corrected chi connectivity index (χ4v) is 2.25. The second kappa shape index (κ2) is 10.1. The molecule has 0 aromatic heterocycles. The highest BCUT2D eigenvalue weighted by Crippen LogP contribution is 2.26. The van der Waals surface area contributed by atoms with Crippen molar-refractivity contribution < 1.29 is 19.5 Å². The molecule has 0 saturated heterocycles. The Morgan fingerprint density at radius 1 is 1.48 bits per heavy atom. The predicted molar refractivity (Wildman–Crippen MR) is 105 cm³/mol. The second-order valence-corrected chi connectivity index (χ2v) is 7.08. The summed E-state index contributed by atoms with van der Waals surface area (Å²) in [5.41, 5.74) is 5.79. The Balaban J connectivity index is 2.81. The summed E-state index contributed by atoms with van der Waals surface area (Å²) >= 11 is 0. The molecule has 150 valence electrons. The van der Waals surface area contributed by atoms with Crippen LogP contribution < -0.4 is 15.8 Å². The van der Waals surface area contributed by atoms with Gasteiger partial charge in [-0.25, -0.2) is 0 Å². The van der Waals surface area contributed by atoms with Crippen LogP contribution in [0.3, 0.4) is 0 Å². The van der Waals surface area contributed by atoms with Crippen LogP contribution in [0.4, 0.5) is 11.4 Å². The Kier molecular flexibility index (Phi) is 8.42. The number of anilines is 1. The first-order chi connectivity index (χ1) is 12.5. The number of nitrogen functional groups attached to an aromatic ring is 1. The lowest BCUT2D eigenvalue weighted by molar-refractivity contribution is -0.383. The fourth-order valence-electron chi connectivity index (χ4n) is 2.25. The molecule has 0 radical (unpaired) electrons. The van der Waals surface area contributed by atoms with E-state index in [2.05, 4.69) is 18.5 Å². The third kappa shape index (κ3) is 8.21. The number of aliphatic hydroxyl groups is 1. The minimum absolute atomic E-state index is 0.0172. The molecular formula is C19H29N3O5. The Morgan fingerprint density at radius 3 is 2.67 bits per heavy atom. The standard InChI is InChI=1S/C19H29N3O5/c1-6-7-8-13(2)16(21-18(23)27-19(3,4)5)12-26-14-9-10-17(22(24)25)15(20)11-14/h6,9-11,16,18,21,23H,1-2,7-8,12,20H2,3-5H3. The van der Waals surface area contributed by atoms with Crippen LogP contribution in [-0.2, 0) is 4.74 Å². The van der Waals surface area contributed by atoms with Gasteiger partial charge in [0.25, 0.3) is 5.69 Å². The average Bonchev–Trinajstić information content (AvgIpc) is 2.54. The Labute approximate surface area is 159 Å². The molecule has 1 rings (SSSR count). The molecule has 0 aliphatic rings. The number of allylic oxidation sites excluding steroid dienone is 1. The van der Waals surface area contributed by atoms with Gasteiger partial charge in [0.1, 0.15) is 18.0 Å². The third-order valence-electron chi connectivity index (χ3n) is 3.58. The van der Waals surface area contributed by atoms with Gasteiger partial charge in [-0.1, -0.05) is 18.2 Å². The fraction of sp³-hybridized carbons (Fsp3) is 0.474. The summed E-state index contributed by atoms with van der Waals surface area (Å²) in [5.74, 6) is 0.382. The van der Waals surface area contributed by atoms with E-state index in [1.165, 1.54) is 18.2 Å². The van der Waals surface area contributed by atoms with E-state index in [4.69, 9.17) is 15.2 Å². The average molecular weight is 379 g/mol. The monoisotopic (exact) mass is 379 g/mol. The summed E-state index contributed by atoms with van der Waals surface area (Å²) in [5, 5.41) is 23.9. The first kappa shape index (κ1) is 22.6. The van der Waals surface area contributed by atoms with Gasteiger partial charge in [-0.05, 0) is 39.7 Å². The summed E-state index contributed by atoms with van der Waals surface area (Å²) in [4.78, 5) is 10.3. The van der Waals surface area contributed by atoms with Crippen LogP contribution in [0.15, 0.2) is 43.0 Å². The van der Waals surface area contributed by atoms with Crippen LogP contribution in [-0.4, -0.2) is 34.7 Å². The van der Waals surface area contributed by atoms with E-state index >= 15 is 0 Å². The molecule has 0 saturated carbocycles. The van der Waals surface area contributed by atoms with E-state index in [1.54, 1.807) is 6.08 Å². The lowest BCUT2D eigenvalue weighted by atomic mass is 10.0. The van der Waals surface area contributed by atoms with Gasteiger partial charge in [0.2, 0.25) is 6.41 Å². The summed E-state index contributed by atoms with van der Waals surface area (Å²) in [6, 6.07) is 3.75. The molecule has 0 amide bonds. The Morgan fingerprint density at radius 2 is 2.15 bits per heavy atom. The van der Waals surface area contributed by atoms with Gasteiger partial charge in [-0.15, -0.1) is 6.58 Å². The maximum absolute atomic E-state index is 10.8. The van der Waals surface area contributed by atoms with Gasteiger partial charge < -0.3 is 20.3 Å². The van der Waals surface area contributed by atoms with Crippen LogP contribution in [0.25, 0.3) is 0 Å². The Hall–Kier alpha value is -2.42. The lowest BCUT2D eigenvalue weighted by Gasteiger charge is -2.29. The number of rotatable bonds is 11. The van der Waals surface area contributed by atoms with E-state index in [0.29, 0.717) is 12.2 Å². The minimum atomic E-state index is -1.21. The van der Waals surface area contributed by atoms with Gasteiger partial charge in [0.05, 0.1) is 16.6 Å². The molecule has 8 nitrogen and oxygen atoms in total. The van der Waals surface area contributed by atoms with Crippen molar-refractivity contribution in [2.45, 2.75) is 51.7 Å². The first-order valence-corrected chi connectivity index (χ1v) is 8.60.